The molecule has 2 aromatic heterocycles. The predicted molar refractivity (Wildman–Crippen MR) is 91.6 cm³/mol. The molecule has 4 rings (SSSR count). The van der Waals surface area contributed by atoms with E-state index in [2.05, 4.69) is 14.3 Å². The highest BCUT2D eigenvalue weighted by Gasteiger charge is 2.13. The van der Waals surface area contributed by atoms with Gasteiger partial charge in [0.15, 0.2) is 0 Å². The minimum absolute atomic E-state index is 0.448. The van der Waals surface area contributed by atoms with Crippen LogP contribution in [0.2, 0.25) is 0 Å². The Bertz CT molecular complexity index is 951. The molecule has 2 heterocycles. The first-order chi connectivity index (χ1) is 11.3. The van der Waals surface area contributed by atoms with Crippen LogP contribution in [0.1, 0.15) is 0 Å². The third kappa shape index (κ3) is 2.60. The van der Waals surface area contributed by atoms with E-state index in [1.165, 1.54) is 17.9 Å². The molecule has 0 radical (unpaired) electrons. The number of aromatic nitrogens is 3. The van der Waals surface area contributed by atoms with E-state index in [9.17, 15) is 0 Å². The molecule has 0 fully saturated rings. The number of benzene rings is 2. The van der Waals surface area contributed by atoms with Crippen molar-refractivity contribution in [1.29, 1.82) is 0 Å². The number of hydrogen-bond donors (Lipinski definition) is 1. The smallest absolute Gasteiger partial charge is 0.149 e. The molecule has 0 spiro atoms. The summed E-state index contributed by atoms with van der Waals surface area (Å²) in [5.74, 6) is 2.02. The summed E-state index contributed by atoms with van der Waals surface area (Å²) in [6.45, 7) is 0. The van der Waals surface area contributed by atoms with Gasteiger partial charge in [-0.1, -0.05) is 18.2 Å². The minimum Gasteiger partial charge on any atom is -0.457 e. The second-order valence-electron chi connectivity index (χ2n) is 4.91. The second-order valence-corrected chi connectivity index (χ2v) is 5.66. The van der Waals surface area contributed by atoms with Crippen LogP contribution in [0.4, 0.5) is 5.82 Å². The van der Waals surface area contributed by atoms with Crippen molar-refractivity contribution in [3.8, 4) is 22.8 Å². The number of nitrogen functional groups attached to an aromatic ring is 1. The van der Waals surface area contributed by atoms with Gasteiger partial charge in [-0.2, -0.15) is 4.37 Å². The highest BCUT2D eigenvalue weighted by atomic mass is 32.1. The molecule has 112 valence electrons. The third-order valence-corrected chi connectivity index (χ3v) is 4.17. The first-order valence-corrected chi connectivity index (χ1v) is 7.78. The number of anilines is 1. The lowest BCUT2D eigenvalue weighted by atomic mass is 10.1. The Hall–Kier alpha value is -2.99. The number of rotatable bonds is 3. The second kappa shape index (κ2) is 5.66. The van der Waals surface area contributed by atoms with Crippen molar-refractivity contribution >= 4 is 27.6 Å². The maximum Gasteiger partial charge on any atom is 0.149 e. The maximum atomic E-state index is 5.96. The largest absolute Gasteiger partial charge is 0.457 e. The average Bonchev–Trinajstić information content (AvgIpc) is 3.02. The van der Waals surface area contributed by atoms with Gasteiger partial charge in [0.2, 0.25) is 0 Å². The minimum atomic E-state index is 0.448. The summed E-state index contributed by atoms with van der Waals surface area (Å²) in [5.41, 5.74) is 7.72. The van der Waals surface area contributed by atoms with Crippen LogP contribution in [0.5, 0.6) is 11.5 Å². The SMILES string of the molecule is Nc1ncnc2snc(-c3ccc(Oc4ccccc4)cc3)c12. The van der Waals surface area contributed by atoms with Gasteiger partial charge in [-0.15, -0.1) is 0 Å². The van der Waals surface area contributed by atoms with Gasteiger partial charge >= 0.3 is 0 Å². The van der Waals surface area contributed by atoms with Crippen LogP contribution in [0.15, 0.2) is 60.9 Å². The van der Waals surface area contributed by atoms with E-state index < -0.39 is 0 Å². The van der Waals surface area contributed by atoms with Crippen molar-refractivity contribution in [1.82, 2.24) is 14.3 Å². The van der Waals surface area contributed by atoms with E-state index in [0.29, 0.717) is 5.82 Å². The molecule has 0 bridgehead atoms. The fourth-order valence-corrected chi connectivity index (χ4v) is 3.07. The molecule has 23 heavy (non-hydrogen) atoms. The molecule has 6 heteroatoms. The van der Waals surface area contributed by atoms with Gasteiger partial charge in [0, 0.05) is 5.56 Å². The Morgan fingerprint density at radius 1 is 0.870 bits per heavy atom. The number of hydrogen-bond acceptors (Lipinski definition) is 6. The molecule has 0 amide bonds. The summed E-state index contributed by atoms with van der Waals surface area (Å²) in [6.07, 6.45) is 1.45. The normalized spacial score (nSPS) is 10.8. The van der Waals surface area contributed by atoms with E-state index in [0.717, 1.165) is 33.0 Å². The quantitative estimate of drug-likeness (QED) is 0.614. The summed E-state index contributed by atoms with van der Waals surface area (Å²) in [7, 11) is 0. The van der Waals surface area contributed by atoms with Gasteiger partial charge < -0.3 is 10.5 Å². The Kier molecular flexibility index (Phi) is 3.36. The molecule has 2 N–H and O–H groups in total. The van der Waals surface area contributed by atoms with Gasteiger partial charge in [0.1, 0.15) is 28.5 Å². The number of nitrogens with two attached hydrogens (primary N) is 1. The fraction of sp³-hybridized carbons (Fsp3) is 0. The number of fused-ring (bicyclic) bond motifs is 1. The Balaban J connectivity index is 1.67. The molecular formula is C17H12N4OS. The highest BCUT2D eigenvalue weighted by molar-refractivity contribution is 7.13. The maximum absolute atomic E-state index is 5.96. The van der Waals surface area contributed by atoms with E-state index in [4.69, 9.17) is 10.5 Å². The topological polar surface area (TPSA) is 73.9 Å². The summed E-state index contributed by atoms with van der Waals surface area (Å²) in [4.78, 5) is 9.04. The molecule has 0 aliphatic carbocycles. The zero-order chi connectivity index (χ0) is 15.6. The van der Waals surface area contributed by atoms with Gasteiger partial charge in [-0.3, -0.25) is 0 Å². The summed E-state index contributed by atoms with van der Waals surface area (Å²) < 4.78 is 10.3. The monoisotopic (exact) mass is 320 g/mol. The molecule has 0 saturated carbocycles. The molecule has 2 aromatic carbocycles. The highest BCUT2D eigenvalue weighted by Crippen LogP contribution is 2.33. The van der Waals surface area contributed by atoms with Crippen LogP contribution in [-0.4, -0.2) is 14.3 Å². The molecular weight excluding hydrogens is 308 g/mol. The van der Waals surface area contributed by atoms with Gasteiger partial charge in [0.05, 0.1) is 11.1 Å². The lowest BCUT2D eigenvalue weighted by Gasteiger charge is -2.06. The van der Waals surface area contributed by atoms with Crippen molar-refractivity contribution in [2.24, 2.45) is 0 Å². The molecule has 0 aliphatic rings. The Morgan fingerprint density at radius 3 is 2.39 bits per heavy atom. The number of nitrogens with zero attached hydrogens (tertiary/aromatic N) is 3. The van der Waals surface area contributed by atoms with Crippen molar-refractivity contribution in [3.05, 3.63) is 60.9 Å². The Labute approximate surface area is 136 Å². The Morgan fingerprint density at radius 2 is 1.61 bits per heavy atom. The van der Waals surface area contributed by atoms with Crippen LogP contribution in [0.25, 0.3) is 21.5 Å². The first kappa shape index (κ1) is 13.7. The van der Waals surface area contributed by atoms with E-state index >= 15 is 0 Å². The van der Waals surface area contributed by atoms with Crippen LogP contribution < -0.4 is 10.5 Å². The van der Waals surface area contributed by atoms with E-state index in [1.54, 1.807) is 0 Å². The van der Waals surface area contributed by atoms with Crippen molar-refractivity contribution in [3.63, 3.8) is 0 Å². The van der Waals surface area contributed by atoms with Crippen LogP contribution in [0, 0.1) is 0 Å². The third-order valence-electron chi connectivity index (χ3n) is 3.41. The van der Waals surface area contributed by atoms with Crippen LogP contribution in [0.3, 0.4) is 0 Å². The molecule has 0 aliphatic heterocycles. The number of para-hydroxylation sites is 1. The van der Waals surface area contributed by atoms with Gasteiger partial charge in [-0.05, 0) is 47.9 Å². The lowest BCUT2D eigenvalue weighted by molar-refractivity contribution is 0.483. The first-order valence-electron chi connectivity index (χ1n) is 7.00. The summed E-state index contributed by atoms with van der Waals surface area (Å²) >= 11 is 1.32. The zero-order valence-electron chi connectivity index (χ0n) is 12.0. The molecule has 0 atom stereocenters. The van der Waals surface area contributed by atoms with E-state index in [1.807, 2.05) is 54.6 Å². The zero-order valence-corrected chi connectivity index (χ0v) is 12.8. The predicted octanol–water partition coefficient (Wildman–Crippen LogP) is 4.13. The van der Waals surface area contributed by atoms with Gasteiger partial charge in [-0.25, -0.2) is 9.97 Å². The van der Waals surface area contributed by atoms with Crippen LogP contribution in [-0.2, 0) is 0 Å². The van der Waals surface area contributed by atoms with Crippen molar-refractivity contribution in [2.45, 2.75) is 0 Å². The van der Waals surface area contributed by atoms with Crippen molar-refractivity contribution < 1.29 is 4.74 Å². The fourth-order valence-electron chi connectivity index (χ4n) is 2.31. The lowest BCUT2D eigenvalue weighted by Crippen LogP contribution is -1.92. The van der Waals surface area contributed by atoms with E-state index in [-0.39, 0.29) is 0 Å². The molecule has 4 aromatic rings. The van der Waals surface area contributed by atoms with Crippen molar-refractivity contribution in [2.75, 3.05) is 5.73 Å². The average molecular weight is 320 g/mol. The van der Waals surface area contributed by atoms with Gasteiger partial charge in [0.25, 0.3) is 0 Å². The standard InChI is InChI=1S/C17H12N4OS/c18-16-14-15(21-23-17(14)20-10-19-16)11-6-8-13(9-7-11)22-12-4-2-1-3-5-12/h1-10H,(H2,18,19,20). The molecule has 0 saturated heterocycles. The molecule has 5 nitrogen and oxygen atoms in total. The summed E-state index contributed by atoms with van der Waals surface area (Å²) in [6, 6.07) is 17.4. The summed E-state index contributed by atoms with van der Waals surface area (Å²) in [5, 5.41) is 0.800. The molecule has 0 unspecified atom stereocenters. The number of ether oxygens (including phenoxy) is 1. The van der Waals surface area contributed by atoms with Crippen LogP contribution >= 0.6 is 11.5 Å².